The molecule has 1 aliphatic heterocycles. The van der Waals surface area contributed by atoms with Gasteiger partial charge in [0.25, 0.3) is 17.7 Å². The van der Waals surface area contributed by atoms with Crippen LogP contribution in [0.3, 0.4) is 0 Å². The highest BCUT2D eigenvalue weighted by Gasteiger charge is 2.42. The number of hydrogen-bond acceptors (Lipinski definition) is 4. The molecule has 0 aliphatic carbocycles. The summed E-state index contributed by atoms with van der Waals surface area (Å²) in [6.07, 6.45) is 0.122. The maximum absolute atomic E-state index is 13.3. The fraction of sp³-hybridized carbons (Fsp3) is 0.0833. The molecule has 0 bridgehead atoms. The number of nitrogens with two attached hydrogens (primary N) is 1. The van der Waals surface area contributed by atoms with Gasteiger partial charge in [-0.05, 0) is 29.8 Å². The number of carbonyl (C=O) groups is 4. The fourth-order valence-electron chi connectivity index (χ4n) is 3.65. The lowest BCUT2D eigenvalue weighted by Crippen LogP contribution is -2.48. The Morgan fingerprint density at radius 2 is 1.35 bits per heavy atom. The lowest BCUT2D eigenvalue weighted by molar-refractivity contribution is -0.119. The zero-order valence-electron chi connectivity index (χ0n) is 16.4. The van der Waals surface area contributed by atoms with Gasteiger partial charge in [-0.3, -0.25) is 24.1 Å². The van der Waals surface area contributed by atoms with Crippen LogP contribution in [0.5, 0.6) is 0 Å². The summed E-state index contributed by atoms with van der Waals surface area (Å²) in [6.45, 7) is 0. The Morgan fingerprint density at radius 3 is 1.97 bits per heavy atom. The summed E-state index contributed by atoms with van der Waals surface area (Å²) in [7, 11) is 0. The average molecular weight is 413 g/mol. The van der Waals surface area contributed by atoms with Crippen molar-refractivity contribution >= 4 is 29.3 Å². The van der Waals surface area contributed by atoms with Crippen LogP contribution < -0.4 is 11.1 Å². The first kappa shape index (κ1) is 20.0. The summed E-state index contributed by atoms with van der Waals surface area (Å²) in [5.74, 6) is -2.34. The normalized spacial score (nSPS) is 13.6. The second-order valence-corrected chi connectivity index (χ2v) is 7.13. The Bertz CT molecular complexity index is 1160. The van der Waals surface area contributed by atoms with Crippen molar-refractivity contribution in [2.24, 2.45) is 5.73 Å². The molecule has 3 aromatic rings. The minimum atomic E-state index is -1.12. The van der Waals surface area contributed by atoms with Crippen LogP contribution in [0.4, 0.5) is 5.69 Å². The van der Waals surface area contributed by atoms with Gasteiger partial charge in [-0.1, -0.05) is 54.6 Å². The lowest BCUT2D eigenvalue weighted by atomic mass is 10.0. The van der Waals surface area contributed by atoms with Crippen molar-refractivity contribution in [2.75, 3.05) is 5.32 Å². The molecular formula is C24H19N3O4. The molecule has 0 aromatic heterocycles. The van der Waals surface area contributed by atoms with Gasteiger partial charge in [-0.15, -0.1) is 0 Å². The highest BCUT2D eigenvalue weighted by molar-refractivity contribution is 6.23. The van der Waals surface area contributed by atoms with Crippen LogP contribution >= 0.6 is 0 Å². The third kappa shape index (κ3) is 3.81. The Balaban J connectivity index is 1.71. The molecule has 4 rings (SSSR count). The minimum absolute atomic E-state index is 0.122. The molecular weight excluding hydrogens is 394 g/mol. The van der Waals surface area contributed by atoms with E-state index in [1.807, 2.05) is 30.3 Å². The number of rotatable bonds is 6. The van der Waals surface area contributed by atoms with E-state index in [0.717, 1.165) is 10.5 Å². The highest BCUT2D eigenvalue weighted by atomic mass is 16.2. The summed E-state index contributed by atoms with van der Waals surface area (Å²) in [5.41, 5.74) is 7.06. The average Bonchev–Trinajstić information content (AvgIpc) is 3.03. The first-order chi connectivity index (χ1) is 15.0. The number of nitrogens with zero attached hydrogens (tertiary/aromatic N) is 1. The van der Waals surface area contributed by atoms with Crippen LogP contribution in [-0.2, 0) is 11.2 Å². The Hall–Kier alpha value is -4.26. The van der Waals surface area contributed by atoms with E-state index in [4.69, 9.17) is 5.73 Å². The minimum Gasteiger partial charge on any atom is -0.366 e. The van der Waals surface area contributed by atoms with Crippen molar-refractivity contribution in [1.82, 2.24) is 4.90 Å². The van der Waals surface area contributed by atoms with E-state index in [-0.39, 0.29) is 28.8 Å². The van der Waals surface area contributed by atoms with Gasteiger partial charge in [0, 0.05) is 6.42 Å². The number of hydrogen-bond donors (Lipinski definition) is 2. The van der Waals surface area contributed by atoms with Gasteiger partial charge in [-0.25, -0.2) is 0 Å². The molecule has 1 aliphatic rings. The van der Waals surface area contributed by atoms with Crippen LogP contribution in [0.25, 0.3) is 0 Å². The van der Waals surface area contributed by atoms with Crippen LogP contribution in [0.1, 0.15) is 36.6 Å². The molecule has 7 nitrogen and oxygen atoms in total. The van der Waals surface area contributed by atoms with Crippen LogP contribution in [0.15, 0.2) is 78.9 Å². The SMILES string of the molecule is NC(=O)c1ccccc1NC(=O)[C@H](Cc1ccccc1)N1C(=O)c2ccccc2C1=O. The fourth-order valence-corrected chi connectivity index (χ4v) is 3.65. The van der Waals surface area contributed by atoms with Crippen molar-refractivity contribution in [3.63, 3.8) is 0 Å². The number of imide groups is 1. The molecule has 0 saturated heterocycles. The van der Waals surface area contributed by atoms with Gasteiger partial charge >= 0.3 is 0 Å². The molecule has 0 saturated carbocycles. The van der Waals surface area contributed by atoms with Crippen molar-refractivity contribution in [1.29, 1.82) is 0 Å². The van der Waals surface area contributed by atoms with E-state index in [9.17, 15) is 19.2 Å². The molecule has 154 valence electrons. The van der Waals surface area contributed by atoms with Crippen LogP contribution in [0, 0.1) is 0 Å². The van der Waals surface area contributed by atoms with Crippen LogP contribution in [0.2, 0.25) is 0 Å². The standard InChI is InChI=1S/C24H19N3O4/c25-21(28)18-12-6-7-13-19(18)26-22(29)20(14-15-8-2-1-3-9-15)27-23(30)16-10-4-5-11-17(16)24(27)31/h1-13,20H,14H2,(H2,25,28)(H,26,29)/t20-/m0/s1. The number of nitrogens with one attached hydrogen (secondary N) is 1. The molecule has 0 fully saturated rings. The van der Waals surface area contributed by atoms with E-state index in [1.54, 1.807) is 42.5 Å². The lowest BCUT2D eigenvalue weighted by Gasteiger charge is -2.26. The van der Waals surface area contributed by atoms with Gasteiger partial charge in [0.1, 0.15) is 6.04 Å². The Morgan fingerprint density at radius 1 is 0.806 bits per heavy atom. The second-order valence-electron chi connectivity index (χ2n) is 7.13. The first-order valence-corrected chi connectivity index (χ1v) is 9.68. The predicted octanol–water partition coefficient (Wildman–Crippen LogP) is 2.63. The predicted molar refractivity (Wildman–Crippen MR) is 114 cm³/mol. The maximum atomic E-state index is 13.3. The molecule has 0 unspecified atom stereocenters. The van der Waals surface area contributed by atoms with E-state index in [1.165, 1.54) is 6.07 Å². The monoisotopic (exact) mass is 413 g/mol. The topological polar surface area (TPSA) is 110 Å². The zero-order chi connectivity index (χ0) is 22.0. The molecule has 31 heavy (non-hydrogen) atoms. The number of para-hydroxylation sites is 1. The van der Waals surface area contributed by atoms with Crippen molar-refractivity contribution in [3.8, 4) is 0 Å². The van der Waals surface area contributed by atoms with Gasteiger partial charge in [0.05, 0.1) is 22.4 Å². The van der Waals surface area contributed by atoms with Crippen molar-refractivity contribution in [2.45, 2.75) is 12.5 Å². The molecule has 1 atom stereocenters. The first-order valence-electron chi connectivity index (χ1n) is 9.68. The molecule has 4 amide bonds. The largest absolute Gasteiger partial charge is 0.366 e. The summed E-state index contributed by atoms with van der Waals surface area (Å²) >= 11 is 0. The quantitative estimate of drug-likeness (QED) is 0.606. The number of amides is 4. The third-order valence-corrected chi connectivity index (χ3v) is 5.16. The number of fused-ring (bicyclic) bond motifs is 1. The van der Waals surface area contributed by atoms with E-state index in [0.29, 0.717) is 0 Å². The van der Waals surface area contributed by atoms with E-state index >= 15 is 0 Å². The molecule has 0 radical (unpaired) electrons. The molecule has 1 heterocycles. The van der Waals surface area contributed by atoms with E-state index in [2.05, 4.69) is 5.32 Å². The molecule has 3 aromatic carbocycles. The maximum Gasteiger partial charge on any atom is 0.262 e. The molecule has 0 spiro atoms. The van der Waals surface area contributed by atoms with Crippen molar-refractivity contribution in [3.05, 3.63) is 101 Å². The summed E-state index contributed by atoms with van der Waals surface area (Å²) in [6, 6.07) is 20.8. The summed E-state index contributed by atoms with van der Waals surface area (Å²) < 4.78 is 0. The van der Waals surface area contributed by atoms with Gasteiger partial charge in [0.2, 0.25) is 5.91 Å². The number of benzene rings is 3. The van der Waals surface area contributed by atoms with Gasteiger partial charge < -0.3 is 11.1 Å². The Kier molecular flexibility index (Phi) is 5.32. The Labute approximate surface area is 178 Å². The number of primary amides is 1. The smallest absolute Gasteiger partial charge is 0.262 e. The summed E-state index contributed by atoms with van der Waals surface area (Å²) in [5, 5.41) is 2.67. The van der Waals surface area contributed by atoms with Gasteiger partial charge in [-0.2, -0.15) is 0 Å². The second kappa shape index (κ2) is 8.23. The number of anilines is 1. The van der Waals surface area contributed by atoms with Gasteiger partial charge in [0.15, 0.2) is 0 Å². The highest BCUT2D eigenvalue weighted by Crippen LogP contribution is 2.27. The van der Waals surface area contributed by atoms with E-state index < -0.39 is 29.7 Å². The van der Waals surface area contributed by atoms with Crippen molar-refractivity contribution < 1.29 is 19.2 Å². The molecule has 7 heteroatoms. The number of carbonyl (C=O) groups excluding carboxylic acids is 4. The zero-order valence-corrected chi connectivity index (χ0v) is 16.4. The molecule has 3 N–H and O–H groups in total. The van der Waals surface area contributed by atoms with Crippen LogP contribution in [-0.4, -0.2) is 34.6 Å². The third-order valence-electron chi connectivity index (χ3n) is 5.16. The summed E-state index contributed by atoms with van der Waals surface area (Å²) in [4.78, 5) is 52.1.